The number of carbonyl (C=O) groups excluding carboxylic acids is 9. The van der Waals surface area contributed by atoms with Crippen LogP contribution in [0.1, 0.15) is 104 Å². The summed E-state index contributed by atoms with van der Waals surface area (Å²) in [4.78, 5) is 118. The molecule has 0 saturated carbocycles. The van der Waals surface area contributed by atoms with Crippen LogP contribution in [0.15, 0.2) is 54.6 Å². The van der Waals surface area contributed by atoms with Gasteiger partial charge < -0.3 is 52.3 Å². The Morgan fingerprint density at radius 1 is 0.692 bits per heavy atom. The van der Waals surface area contributed by atoms with Crippen LogP contribution in [0.25, 0.3) is 0 Å². The van der Waals surface area contributed by atoms with Gasteiger partial charge in [0.1, 0.15) is 36.0 Å². The summed E-state index contributed by atoms with van der Waals surface area (Å²) in [5.41, 5.74) is 6.52. The number of nitrogens with one attached hydrogen (secondary N) is 6. The summed E-state index contributed by atoms with van der Waals surface area (Å²) in [5, 5.41) is 25.7. The largest absolute Gasteiger partial charge is 0.394 e. The van der Waals surface area contributed by atoms with E-state index in [1.807, 2.05) is 39.8 Å². The smallest absolute Gasteiger partial charge is 0.287 e. The second kappa shape index (κ2) is 27.3. The van der Waals surface area contributed by atoms with Gasteiger partial charge in [0.15, 0.2) is 0 Å². The van der Waals surface area contributed by atoms with Crippen molar-refractivity contribution in [2.45, 2.75) is 143 Å². The first-order chi connectivity index (χ1) is 30.6. The molecule has 1 unspecified atom stereocenters. The van der Waals surface area contributed by atoms with E-state index in [0.29, 0.717) is 18.4 Å². The maximum absolute atomic E-state index is 14.5. The lowest BCUT2D eigenvalue weighted by atomic mass is 9.85. The molecule has 0 spiro atoms. The summed E-state index contributed by atoms with van der Waals surface area (Å²) in [6.45, 7) is 12.6. The normalized spacial score (nSPS) is 14.1. The third-order valence-corrected chi connectivity index (χ3v) is 10.4. The Kier molecular flexibility index (Phi) is 23.2. The van der Waals surface area contributed by atoms with Crippen molar-refractivity contribution >= 4 is 52.9 Å². The molecule has 0 fully saturated rings. The molecule has 2 aromatic rings. The van der Waals surface area contributed by atoms with E-state index in [2.05, 4.69) is 31.9 Å². The van der Waals surface area contributed by atoms with E-state index in [4.69, 9.17) is 10.5 Å². The number of primary amides is 1. The van der Waals surface area contributed by atoms with E-state index in [-0.39, 0.29) is 50.4 Å². The zero-order valence-electron chi connectivity index (χ0n) is 38.9. The molecule has 18 nitrogen and oxygen atoms in total. The number of carbonyl (C=O) groups is 9. The zero-order valence-corrected chi connectivity index (χ0v) is 38.9. The molecule has 65 heavy (non-hydrogen) atoms. The highest BCUT2D eigenvalue weighted by Crippen LogP contribution is 2.21. The summed E-state index contributed by atoms with van der Waals surface area (Å²) < 4.78 is 5.84. The van der Waals surface area contributed by atoms with Crippen molar-refractivity contribution in [3.8, 4) is 0 Å². The van der Waals surface area contributed by atoms with Gasteiger partial charge in [0.05, 0.1) is 25.9 Å². The molecule has 0 aliphatic rings. The van der Waals surface area contributed by atoms with E-state index in [0.717, 1.165) is 11.1 Å². The van der Waals surface area contributed by atoms with Crippen LogP contribution < -0.4 is 37.6 Å². The third-order valence-electron chi connectivity index (χ3n) is 10.4. The molecule has 0 radical (unpaired) electrons. The molecule has 18 heteroatoms. The van der Waals surface area contributed by atoms with Crippen molar-refractivity contribution in [3.63, 3.8) is 0 Å². The monoisotopic (exact) mass is 908 g/mol. The second-order valence-corrected chi connectivity index (χ2v) is 17.7. The van der Waals surface area contributed by atoms with Crippen LogP contribution in [0, 0.1) is 18.3 Å². The van der Waals surface area contributed by atoms with Crippen LogP contribution in [-0.2, 0) is 60.9 Å². The molecule has 0 aliphatic heterocycles. The van der Waals surface area contributed by atoms with Crippen LogP contribution in [0.3, 0.4) is 0 Å². The van der Waals surface area contributed by atoms with Gasteiger partial charge in [-0.1, -0.05) is 109 Å². The first-order valence-electron chi connectivity index (χ1n) is 22.0. The van der Waals surface area contributed by atoms with Crippen molar-refractivity contribution in [1.29, 1.82) is 0 Å². The van der Waals surface area contributed by atoms with Gasteiger partial charge in [-0.2, -0.15) is 0 Å². The molecule has 9 N–H and O–H groups in total. The minimum atomic E-state index is -1.50. The lowest BCUT2D eigenvalue weighted by Gasteiger charge is -2.34. The minimum Gasteiger partial charge on any atom is -0.394 e. The van der Waals surface area contributed by atoms with E-state index >= 15 is 0 Å². The number of nitrogens with two attached hydrogens (primary N) is 1. The highest BCUT2D eigenvalue weighted by Gasteiger charge is 2.38. The summed E-state index contributed by atoms with van der Waals surface area (Å²) in [6, 6.07) is 8.15. The standard InChI is InChI=1S/C47H69N7O11/c1-9-10-20-33(39(58)41(48)59)50-42(60)34(23-28(2)3)52-46(64)40(47(6,7)8)54-43(61)35(24-32-19-15-14-16-29(32)4)51-45(63)37(27-65-26-31-17-12-11-13-18-31)53-44(62)36(25-55)49-38(57)22-21-30(5)56/h11-19,28,33-37,40,55H,9-10,20-27H2,1-8H3,(H2,48,59)(H,49,57)(H,50,60)(H,51,63)(H,52,64)(H,53,62)(H,54,61)/t33?,34-,35-,36-,37+,40+/m0/s1. The number of aryl methyl sites for hydroxylation is 1. The van der Waals surface area contributed by atoms with Gasteiger partial charge in [-0.3, -0.25) is 38.4 Å². The molecule has 2 rings (SSSR count). The van der Waals surface area contributed by atoms with Gasteiger partial charge in [0.25, 0.3) is 5.91 Å². The Labute approximate surface area is 381 Å². The van der Waals surface area contributed by atoms with E-state index in [9.17, 15) is 48.3 Å². The molecule has 0 heterocycles. The molecule has 0 saturated heterocycles. The Morgan fingerprint density at radius 2 is 1.25 bits per heavy atom. The molecular weight excluding hydrogens is 839 g/mol. The van der Waals surface area contributed by atoms with Crippen LogP contribution in [0.5, 0.6) is 0 Å². The number of unbranched alkanes of at least 4 members (excludes halogenated alkanes) is 1. The average Bonchev–Trinajstić information content (AvgIpc) is 3.24. The highest BCUT2D eigenvalue weighted by molar-refractivity contribution is 6.37. The van der Waals surface area contributed by atoms with Gasteiger partial charge in [0, 0.05) is 19.3 Å². The first-order valence-corrected chi connectivity index (χ1v) is 22.0. The fourth-order valence-electron chi connectivity index (χ4n) is 6.61. The summed E-state index contributed by atoms with van der Waals surface area (Å²) >= 11 is 0. The van der Waals surface area contributed by atoms with Crippen LogP contribution >= 0.6 is 0 Å². The van der Waals surface area contributed by atoms with Crippen molar-refractivity contribution in [1.82, 2.24) is 31.9 Å². The number of aliphatic hydroxyl groups excluding tert-OH is 1. The molecule has 0 aliphatic carbocycles. The number of hydrogen-bond acceptors (Lipinski definition) is 11. The van der Waals surface area contributed by atoms with Crippen molar-refractivity contribution in [2.75, 3.05) is 13.2 Å². The quantitative estimate of drug-likeness (QED) is 0.0565. The maximum atomic E-state index is 14.5. The lowest BCUT2D eigenvalue weighted by molar-refractivity contribution is -0.139. The number of benzene rings is 2. The summed E-state index contributed by atoms with van der Waals surface area (Å²) in [7, 11) is 0. The Balaban J connectivity index is 2.49. The average molecular weight is 908 g/mol. The van der Waals surface area contributed by atoms with Crippen molar-refractivity contribution in [2.24, 2.45) is 17.1 Å². The molecular formula is C47H69N7O11. The van der Waals surface area contributed by atoms with E-state index < -0.39 is 102 Å². The van der Waals surface area contributed by atoms with Crippen molar-refractivity contribution in [3.05, 3.63) is 71.3 Å². The Bertz CT molecular complexity index is 1950. The predicted molar refractivity (Wildman–Crippen MR) is 242 cm³/mol. The molecule has 2 aromatic carbocycles. The minimum absolute atomic E-state index is 0.0396. The van der Waals surface area contributed by atoms with Gasteiger partial charge in [-0.05, 0) is 54.7 Å². The zero-order chi connectivity index (χ0) is 48.9. The molecule has 0 aromatic heterocycles. The van der Waals surface area contributed by atoms with E-state index in [1.54, 1.807) is 63.2 Å². The van der Waals surface area contributed by atoms with Crippen LogP contribution in [0.4, 0.5) is 0 Å². The number of hydrogen-bond donors (Lipinski definition) is 8. The fourth-order valence-corrected chi connectivity index (χ4v) is 6.61. The van der Waals surface area contributed by atoms with Crippen LogP contribution in [-0.4, -0.2) is 107 Å². The SMILES string of the molecule is CCCCC(NC(=O)[C@H](CC(C)C)NC(=O)[C@@H](NC(=O)[C@H](Cc1ccccc1C)NC(=O)[C@@H](COCc1ccccc1)NC(=O)[C@H](CO)NC(=O)CCC(C)=O)C(C)(C)C)C(=O)C(N)=O. The van der Waals surface area contributed by atoms with Gasteiger partial charge in [-0.15, -0.1) is 0 Å². The highest BCUT2D eigenvalue weighted by atomic mass is 16.5. The first kappa shape index (κ1) is 55.1. The number of amides is 7. The second-order valence-electron chi connectivity index (χ2n) is 17.7. The van der Waals surface area contributed by atoms with Gasteiger partial charge in [-0.25, -0.2) is 0 Å². The number of Topliss-reactive ketones (excluding diaryl/α,β-unsaturated/α-hetero) is 2. The predicted octanol–water partition coefficient (Wildman–Crippen LogP) is 1.36. The number of ether oxygens (including phenoxy) is 1. The van der Waals surface area contributed by atoms with Gasteiger partial charge >= 0.3 is 0 Å². The number of ketones is 2. The van der Waals surface area contributed by atoms with Crippen LogP contribution in [0.2, 0.25) is 0 Å². The lowest BCUT2D eigenvalue weighted by Crippen LogP contribution is -2.62. The van der Waals surface area contributed by atoms with Crippen molar-refractivity contribution < 1.29 is 53.0 Å². The maximum Gasteiger partial charge on any atom is 0.287 e. The third kappa shape index (κ3) is 19.7. The molecule has 0 bridgehead atoms. The summed E-state index contributed by atoms with van der Waals surface area (Å²) in [5.74, 6) is -7.25. The molecule has 7 amide bonds. The van der Waals surface area contributed by atoms with Gasteiger partial charge in [0.2, 0.25) is 41.2 Å². The number of rotatable bonds is 28. The Morgan fingerprint density at radius 3 is 1.82 bits per heavy atom. The van der Waals surface area contributed by atoms with E-state index in [1.165, 1.54) is 6.92 Å². The Hall–Kier alpha value is -6.01. The summed E-state index contributed by atoms with van der Waals surface area (Å²) in [6.07, 6.45) is 1.11. The number of aliphatic hydroxyl groups is 1. The molecule has 6 atom stereocenters. The fraction of sp³-hybridized carbons (Fsp3) is 0.553. The molecule has 358 valence electrons. The topological polar surface area (TPSA) is 281 Å².